The number of anilines is 1. The Morgan fingerprint density at radius 3 is 2.79 bits per heavy atom. The van der Waals surface area contributed by atoms with Crippen molar-refractivity contribution in [1.82, 2.24) is 29.0 Å². The predicted octanol–water partition coefficient (Wildman–Crippen LogP) is 2.78. The summed E-state index contributed by atoms with van der Waals surface area (Å²) in [4.78, 5) is 25.2. The Morgan fingerprint density at radius 1 is 1.12 bits per heavy atom. The number of ether oxygens (including phenoxy) is 1. The van der Waals surface area contributed by atoms with Crippen LogP contribution in [0.4, 0.5) is 14.7 Å². The van der Waals surface area contributed by atoms with E-state index < -0.39 is 18.4 Å². The molecule has 176 valence electrons. The van der Waals surface area contributed by atoms with Crippen LogP contribution >= 0.6 is 0 Å². The van der Waals surface area contributed by atoms with E-state index in [-0.39, 0.29) is 6.42 Å². The first-order valence-corrected chi connectivity index (χ1v) is 11.3. The zero-order valence-electron chi connectivity index (χ0n) is 18.4. The Morgan fingerprint density at radius 2 is 1.97 bits per heavy atom. The van der Waals surface area contributed by atoms with Gasteiger partial charge < -0.3 is 14.5 Å². The molecule has 0 saturated carbocycles. The number of likely N-dealkylation sites (tertiary alicyclic amines) is 1. The summed E-state index contributed by atoms with van der Waals surface area (Å²) in [5.74, 6) is -2.58. The van der Waals surface area contributed by atoms with E-state index in [9.17, 15) is 13.6 Å². The van der Waals surface area contributed by atoms with Crippen molar-refractivity contribution >= 4 is 28.5 Å². The maximum absolute atomic E-state index is 13.8. The molecule has 0 spiro atoms. The SMILES string of the molecule is O=C(c1cnc2c(ccn2-c2ccc3nc(N4CCOCC4)nn3c2)c1)N1CCCC(F)(F)C1. The zero-order valence-corrected chi connectivity index (χ0v) is 18.4. The fraction of sp³-hybridized carbons (Fsp3) is 0.391. The molecule has 1 amide bonds. The van der Waals surface area contributed by atoms with Gasteiger partial charge in [-0.25, -0.2) is 18.3 Å². The smallest absolute Gasteiger partial charge is 0.265 e. The number of fused-ring (bicyclic) bond motifs is 2. The summed E-state index contributed by atoms with van der Waals surface area (Å²) in [7, 11) is 0. The van der Waals surface area contributed by atoms with Crippen molar-refractivity contribution < 1.29 is 18.3 Å². The number of piperidine rings is 1. The number of amides is 1. The van der Waals surface area contributed by atoms with E-state index in [4.69, 9.17) is 4.74 Å². The van der Waals surface area contributed by atoms with Crippen molar-refractivity contribution in [1.29, 1.82) is 0 Å². The summed E-state index contributed by atoms with van der Waals surface area (Å²) in [6, 6.07) is 7.39. The third kappa shape index (κ3) is 3.75. The highest BCUT2D eigenvalue weighted by atomic mass is 19.3. The molecule has 0 bridgehead atoms. The van der Waals surface area contributed by atoms with E-state index in [1.54, 1.807) is 10.6 Å². The maximum atomic E-state index is 13.8. The van der Waals surface area contributed by atoms with Gasteiger partial charge in [0.05, 0.1) is 37.2 Å². The van der Waals surface area contributed by atoms with Gasteiger partial charge in [0.1, 0.15) is 5.65 Å². The summed E-state index contributed by atoms with van der Waals surface area (Å²) >= 11 is 0. The van der Waals surface area contributed by atoms with Crippen LogP contribution in [0.15, 0.2) is 42.9 Å². The highest BCUT2D eigenvalue weighted by Gasteiger charge is 2.37. The van der Waals surface area contributed by atoms with E-state index in [1.807, 2.05) is 35.2 Å². The zero-order chi connectivity index (χ0) is 23.3. The fourth-order valence-corrected chi connectivity index (χ4v) is 4.57. The molecule has 6 rings (SSSR count). The fourth-order valence-electron chi connectivity index (χ4n) is 4.57. The average molecular weight is 467 g/mol. The van der Waals surface area contributed by atoms with Gasteiger partial charge in [0.15, 0.2) is 5.65 Å². The van der Waals surface area contributed by atoms with Gasteiger partial charge in [0.2, 0.25) is 5.95 Å². The lowest BCUT2D eigenvalue weighted by Crippen LogP contribution is -2.45. The molecular formula is C23H23F2N7O2. The lowest BCUT2D eigenvalue weighted by Gasteiger charge is -2.32. The molecule has 0 aromatic carbocycles. The van der Waals surface area contributed by atoms with Crippen molar-refractivity contribution in [2.24, 2.45) is 0 Å². The first-order chi connectivity index (χ1) is 16.5. The Kier molecular flexibility index (Phi) is 4.94. The van der Waals surface area contributed by atoms with Crippen LogP contribution in [-0.2, 0) is 4.74 Å². The molecule has 0 unspecified atom stereocenters. The lowest BCUT2D eigenvalue weighted by atomic mass is 10.1. The number of halogens is 2. The van der Waals surface area contributed by atoms with E-state index in [1.165, 1.54) is 11.1 Å². The number of nitrogens with zero attached hydrogens (tertiary/aromatic N) is 7. The number of rotatable bonds is 3. The quantitative estimate of drug-likeness (QED) is 0.461. The second kappa shape index (κ2) is 8.01. The Labute approximate surface area is 193 Å². The molecule has 0 atom stereocenters. The van der Waals surface area contributed by atoms with Crippen LogP contribution in [0.1, 0.15) is 23.2 Å². The van der Waals surface area contributed by atoms with Gasteiger partial charge in [-0.2, -0.15) is 4.98 Å². The highest BCUT2D eigenvalue weighted by molar-refractivity contribution is 5.97. The number of carbonyl (C=O) groups is 1. The number of morpholine rings is 1. The van der Waals surface area contributed by atoms with Gasteiger partial charge in [-0.3, -0.25) is 9.36 Å². The Hall–Kier alpha value is -3.60. The molecule has 9 nitrogen and oxygen atoms in total. The second-order valence-electron chi connectivity index (χ2n) is 8.71. The van der Waals surface area contributed by atoms with Crippen LogP contribution in [0.3, 0.4) is 0 Å². The summed E-state index contributed by atoms with van der Waals surface area (Å²) in [6.07, 6.45) is 5.31. The predicted molar refractivity (Wildman–Crippen MR) is 121 cm³/mol. The average Bonchev–Trinajstić information content (AvgIpc) is 3.47. The molecule has 2 aliphatic rings. The molecule has 2 fully saturated rings. The van der Waals surface area contributed by atoms with Crippen LogP contribution in [0.25, 0.3) is 22.4 Å². The first kappa shape index (κ1) is 21.0. The number of carbonyl (C=O) groups excluding carboxylic acids is 1. The van der Waals surface area contributed by atoms with Crippen molar-refractivity contribution in [3.8, 4) is 5.69 Å². The van der Waals surface area contributed by atoms with Gasteiger partial charge in [-0.15, -0.1) is 5.10 Å². The second-order valence-corrected chi connectivity index (χ2v) is 8.71. The minimum atomic E-state index is -2.84. The number of pyridine rings is 2. The van der Waals surface area contributed by atoms with Crippen molar-refractivity contribution in [2.45, 2.75) is 18.8 Å². The summed E-state index contributed by atoms with van der Waals surface area (Å²) < 4.78 is 36.6. The van der Waals surface area contributed by atoms with Crippen molar-refractivity contribution in [3.63, 3.8) is 0 Å². The number of alkyl halides is 2. The van der Waals surface area contributed by atoms with Gasteiger partial charge in [-0.1, -0.05) is 0 Å². The first-order valence-electron chi connectivity index (χ1n) is 11.3. The van der Waals surface area contributed by atoms with Crippen LogP contribution < -0.4 is 4.90 Å². The van der Waals surface area contributed by atoms with Crippen molar-refractivity contribution in [3.05, 3.63) is 48.4 Å². The number of aromatic nitrogens is 5. The molecule has 11 heteroatoms. The molecule has 34 heavy (non-hydrogen) atoms. The molecule has 2 aliphatic heterocycles. The van der Waals surface area contributed by atoms with Crippen LogP contribution in [0, 0.1) is 0 Å². The molecule has 0 aliphatic carbocycles. The normalized spacial score (nSPS) is 18.6. The van der Waals surface area contributed by atoms with Crippen LogP contribution in [0.5, 0.6) is 0 Å². The summed E-state index contributed by atoms with van der Waals surface area (Å²) in [6.45, 7) is 2.62. The Balaban J connectivity index is 1.29. The summed E-state index contributed by atoms with van der Waals surface area (Å²) in [5, 5.41) is 5.37. The molecule has 2 saturated heterocycles. The van der Waals surface area contributed by atoms with Crippen LogP contribution in [-0.4, -0.2) is 80.3 Å². The van der Waals surface area contributed by atoms with Crippen molar-refractivity contribution in [2.75, 3.05) is 44.3 Å². The minimum Gasteiger partial charge on any atom is -0.378 e. The number of hydrogen-bond donors (Lipinski definition) is 0. The maximum Gasteiger partial charge on any atom is 0.265 e. The molecular weight excluding hydrogens is 444 g/mol. The van der Waals surface area contributed by atoms with Gasteiger partial charge >= 0.3 is 0 Å². The van der Waals surface area contributed by atoms with E-state index >= 15 is 0 Å². The highest BCUT2D eigenvalue weighted by Crippen LogP contribution is 2.28. The molecule has 4 aromatic heterocycles. The lowest BCUT2D eigenvalue weighted by molar-refractivity contribution is -0.0560. The number of hydrogen-bond acceptors (Lipinski definition) is 6. The minimum absolute atomic E-state index is 0.180. The van der Waals surface area contributed by atoms with E-state index in [0.29, 0.717) is 43.3 Å². The van der Waals surface area contributed by atoms with E-state index in [0.717, 1.165) is 29.8 Å². The molecule has 6 heterocycles. The van der Waals surface area contributed by atoms with Gasteiger partial charge in [-0.05, 0) is 30.7 Å². The largest absolute Gasteiger partial charge is 0.378 e. The van der Waals surface area contributed by atoms with E-state index in [2.05, 4.69) is 20.0 Å². The van der Waals surface area contributed by atoms with Gasteiger partial charge in [0.25, 0.3) is 11.8 Å². The third-order valence-electron chi connectivity index (χ3n) is 6.33. The molecule has 0 radical (unpaired) electrons. The standard InChI is InChI=1S/C23H23F2N7O2/c24-23(25)5-1-6-30(15-23)21(33)17-12-16-4-7-31(20(16)26-13-17)18-2-3-19-27-22(28-32(19)14-18)29-8-10-34-11-9-29/h2-4,7,12-14H,1,5-6,8-11,15H2. The molecule has 0 N–H and O–H groups in total. The summed E-state index contributed by atoms with van der Waals surface area (Å²) in [5.41, 5.74) is 2.54. The topological polar surface area (TPSA) is 80.8 Å². The third-order valence-corrected chi connectivity index (χ3v) is 6.33. The molecule has 4 aromatic rings. The Bertz CT molecular complexity index is 1380. The van der Waals surface area contributed by atoms with Gasteiger partial charge in [0, 0.05) is 43.8 Å². The van der Waals surface area contributed by atoms with Crippen LogP contribution in [0.2, 0.25) is 0 Å². The monoisotopic (exact) mass is 467 g/mol.